The van der Waals surface area contributed by atoms with Crippen LogP contribution in [-0.4, -0.2) is 43.5 Å². The number of nitrogens with one attached hydrogen (secondary N) is 1. The van der Waals surface area contributed by atoms with E-state index in [2.05, 4.69) is 24.2 Å². The molecule has 118 valence electrons. The van der Waals surface area contributed by atoms with Crippen molar-refractivity contribution in [2.24, 2.45) is 11.7 Å². The molecule has 4 heteroatoms. The number of nitrogens with two attached hydrogens (primary N) is 1. The SMILES string of the molecule is CC(CN)CCC(=O)NCCCN(C)C1CCCCC1. The predicted octanol–water partition coefficient (Wildman–Crippen LogP) is 2.13. The third-order valence-electron chi connectivity index (χ3n) is 4.47. The molecule has 0 radical (unpaired) electrons. The number of carbonyl (C=O) groups excluding carboxylic acids is 1. The summed E-state index contributed by atoms with van der Waals surface area (Å²) in [6.45, 7) is 4.64. The van der Waals surface area contributed by atoms with Gasteiger partial charge in [-0.1, -0.05) is 26.2 Å². The van der Waals surface area contributed by atoms with Gasteiger partial charge in [0.05, 0.1) is 0 Å². The Kier molecular flexibility index (Phi) is 8.86. The van der Waals surface area contributed by atoms with Crippen LogP contribution in [0.3, 0.4) is 0 Å². The van der Waals surface area contributed by atoms with Crippen molar-refractivity contribution in [3.8, 4) is 0 Å². The van der Waals surface area contributed by atoms with E-state index in [1.165, 1.54) is 32.1 Å². The molecule has 0 aromatic heterocycles. The minimum atomic E-state index is 0.172. The second kappa shape index (κ2) is 10.2. The van der Waals surface area contributed by atoms with Crippen LogP contribution in [0.5, 0.6) is 0 Å². The fourth-order valence-corrected chi connectivity index (χ4v) is 2.84. The fraction of sp³-hybridized carbons (Fsp3) is 0.938. The fourth-order valence-electron chi connectivity index (χ4n) is 2.84. The number of hydrogen-bond donors (Lipinski definition) is 2. The van der Waals surface area contributed by atoms with E-state index in [0.717, 1.165) is 32.0 Å². The molecule has 1 amide bonds. The molecule has 1 saturated carbocycles. The first kappa shape index (κ1) is 17.4. The second-order valence-corrected chi connectivity index (χ2v) is 6.36. The molecule has 0 heterocycles. The zero-order valence-corrected chi connectivity index (χ0v) is 13.4. The van der Waals surface area contributed by atoms with Gasteiger partial charge in [0.15, 0.2) is 0 Å². The molecule has 4 nitrogen and oxygen atoms in total. The smallest absolute Gasteiger partial charge is 0.220 e. The van der Waals surface area contributed by atoms with Gasteiger partial charge in [-0.05, 0) is 51.7 Å². The molecule has 0 bridgehead atoms. The van der Waals surface area contributed by atoms with E-state index in [9.17, 15) is 4.79 Å². The first-order chi connectivity index (χ1) is 9.63. The lowest BCUT2D eigenvalue weighted by molar-refractivity contribution is -0.121. The van der Waals surface area contributed by atoms with Crippen LogP contribution in [0.1, 0.15) is 58.3 Å². The standard InChI is InChI=1S/C16H33N3O/c1-14(13-17)9-10-16(20)18-11-6-12-19(2)15-7-4-3-5-8-15/h14-15H,3-13,17H2,1-2H3,(H,18,20). The second-order valence-electron chi connectivity index (χ2n) is 6.36. The summed E-state index contributed by atoms with van der Waals surface area (Å²) in [5, 5.41) is 3.01. The van der Waals surface area contributed by atoms with Crippen LogP contribution in [0.15, 0.2) is 0 Å². The minimum absolute atomic E-state index is 0.172. The Morgan fingerprint density at radius 3 is 2.70 bits per heavy atom. The van der Waals surface area contributed by atoms with Gasteiger partial charge in [0.25, 0.3) is 0 Å². The van der Waals surface area contributed by atoms with E-state index in [-0.39, 0.29) is 5.91 Å². The van der Waals surface area contributed by atoms with E-state index in [0.29, 0.717) is 18.9 Å². The van der Waals surface area contributed by atoms with Crippen LogP contribution in [0.4, 0.5) is 0 Å². The molecule has 1 atom stereocenters. The molecule has 1 fully saturated rings. The van der Waals surface area contributed by atoms with Crippen molar-refractivity contribution < 1.29 is 4.79 Å². The number of carbonyl (C=O) groups is 1. The number of rotatable bonds is 9. The molecule has 0 aromatic rings. The average molecular weight is 283 g/mol. The molecule has 1 unspecified atom stereocenters. The van der Waals surface area contributed by atoms with Crippen molar-refractivity contribution in [1.82, 2.24) is 10.2 Å². The summed E-state index contributed by atoms with van der Waals surface area (Å²) in [6.07, 6.45) is 9.41. The molecule has 20 heavy (non-hydrogen) atoms. The van der Waals surface area contributed by atoms with Crippen LogP contribution < -0.4 is 11.1 Å². The molecule has 0 saturated heterocycles. The zero-order valence-electron chi connectivity index (χ0n) is 13.4. The van der Waals surface area contributed by atoms with Gasteiger partial charge >= 0.3 is 0 Å². The summed E-state index contributed by atoms with van der Waals surface area (Å²) in [6, 6.07) is 0.768. The van der Waals surface area contributed by atoms with Gasteiger partial charge in [-0.15, -0.1) is 0 Å². The lowest BCUT2D eigenvalue weighted by atomic mass is 9.94. The number of hydrogen-bond acceptors (Lipinski definition) is 3. The van der Waals surface area contributed by atoms with Crippen molar-refractivity contribution >= 4 is 5.91 Å². The normalized spacial score (nSPS) is 18.2. The lowest BCUT2D eigenvalue weighted by Crippen LogP contribution is -2.35. The van der Waals surface area contributed by atoms with Gasteiger partial charge in [0, 0.05) is 19.0 Å². The van der Waals surface area contributed by atoms with E-state index in [1.54, 1.807) is 0 Å². The van der Waals surface area contributed by atoms with Crippen molar-refractivity contribution in [2.75, 3.05) is 26.7 Å². The maximum atomic E-state index is 11.6. The highest BCUT2D eigenvalue weighted by Gasteiger charge is 2.17. The highest BCUT2D eigenvalue weighted by Crippen LogP contribution is 2.21. The first-order valence-electron chi connectivity index (χ1n) is 8.30. The maximum Gasteiger partial charge on any atom is 0.220 e. The summed E-state index contributed by atoms with van der Waals surface area (Å²) in [7, 11) is 2.22. The van der Waals surface area contributed by atoms with E-state index in [4.69, 9.17) is 5.73 Å². The van der Waals surface area contributed by atoms with Crippen LogP contribution in [0.2, 0.25) is 0 Å². The highest BCUT2D eigenvalue weighted by molar-refractivity contribution is 5.75. The van der Waals surface area contributed by atoms with Crippen LogP contribution >= 0.6 is 0 Å². The van der Waals surface area contributed by atoms with Crippen LogP contribution in [0, 0.1) is 5.92 Å². The van der Waals surface area contributed by atoms with Gasteiger partial charge < -0.3 is 16.0 Å². The largest absolute Gasteiger partial charge is 0.356 e. The lowest BCUT2D eigenvalue weighted by Gasteiger charge is -2.31. The number of nitrogens with zero attached hydrogens (tertiary/aromatic N) is 1. The molecule has 0 aromatic carbocycles. The van der Waals surface area contributed by atoms with Crippen molar-refractivity contribution in [3.05, 3.63) is 0 Å². The molecule has 1 aliphatic rings. The summed E-state index contributed by atoms with van der Waals surface area (Å²) in [5.74, 6) is 0.615. The van der Waals surface area contributed by atoms with E-state index in [1.807, 2.05) is 0 Å². The molecular weight excluding hydrogens is 250 g/mol. The van der Waals surface area contributed by atoms with Gasteiger partial charge in [-0.2, -0.15) is 0 Å². The van der Waals surface area contributed by atoms with Crippen molar-refractivity contribution in [2.45, 2.75) is 64.3 Å². The van der Waals surface area contributed by atoms with Crippen molar-refractivity contribution in [3.63, 3.8) is 0 Å². The minimum Gasteiger partial charge on any atom is -0.356 e. The molecular formula is C16H33N3O. The predicted molar refractivity (Wildman–Crippen MR) is 84.6 cm³/mol. The van der Waals surface area contributed by atoms with E-state index < -0.39 is 0 Å². The Hall–Kier alpha value is -0.610. The Balaban J connectivity index is 2.01. The first-order valence-corrected chi connectivity index (χ1v) is 8.30. The summed E-state index contributed by atoms with van der Waals surface area (Å²) in [4.78, 5) is 14.1. The summed E-state index contributed by atoms with van der Waals surface area (Å²) < 4.78 is 0. The van der Waals surface area contributed by atoms with E-state index >= 15 is 0 Å². The molecule has 0 aliphatic heterocycles. The van der Waals surface area contributed by atoms with Crippen LogP contribution in [-0.2, 0) is 4.79 Å². The summed E-state index contributed by atoms with van der Waals surface area (Å²) >= 11 is 0. The molecule has 1 rings (SSSR count). The molecule has 1 aliphatic carbocycles. The Labute approximate surface area is 124 Å². The maximum absolute atomic E-state index is 11.6. The van der Waals surface area contributed by atoms with Gasteiger partial charge in [-0.3, -0.25) is 4.79 Å². The van der Waals surface area contributed by atoms with Crippen LogP contribution in [0.25, 0.3) is 0 Å². The Morgan fingerprint density at radius 2 is 2.05 bits per heavy atom. The molecule has 0 spiro atoms. The molecule has 3 N–H and O–H groups in total. The zero-order chi connectivity index (χ0) is 14.8. The van der Waals surface area contributed by atoms with Gasteiger partial charge in [0.2, 0.25) is 5.91 Å². The Morgan fingerprint density at radius 1 is 1.35 bits per heavy atom. The average Bonchev–Trinajstić information content (AvgIpc) is 2.49. The van der Waals surface area contributed by atoms with Crippen molar-refractivity contribution in [1.29, 1.82) is 0 Å². The third-order valence-corrected chi connectivity index (χ3v) is 4.47. The van der Waals surface area contributed by atoms with Gasteiger partial charge in [-0.25, -0.2) is 0 Å². The topological polar surface area (TPSA) is 58.4 Å². The summed E-state index contributed by atoms with van der Waals surface area (Å²) in [5.41, 5.74) is 5.55. The third kappa shape index (κ3) is 7.25. The highest BCUT2D eigenvalue weighted by atomic mass is 16.1. The van der Waals surface area contributed by atoms with Gasteiger partial charge in [0.1, 0.15) is 0 Å². The quantitative estimate of drug-likeness (QED) is 0.637. The monoisotopic (exact) mass is 283 g/mol. The number of amides is 1. The Bertz CT molecular complexity index is 264.